The molecule has 6 nitrogen and oxygen atoms in total. The summed E-state index contributed by atoms with van der Waals surface area (Å²) in [5.41, 5.74) is 7.57. The van der Waals surface area contributed by atoms with Crippen molar-refractivity contribution in [2.75, 3.05) is 31.2 Å². The summed E-state index contributed by atoms with van der Waals surface area (Å²) >= 11 is 5.97. The Morgan fingerprint density at radius 3 is 2.62 bits per heavy atom. The van der Waals surface area contributed by atoms with Crippen LogP contribution in [0.15, 0.2) is 30.5 Å². The van der Waals surface area contributed by atoms with Gasteiger partial charge in [-0.25, -0.2) is 4.98 Å². The van der Waals surface area contributed by atoms with Crippen molar-refractivity contribution in [3.8, 4) is 5.75 Å². The third kappa shape index (κ3) is 6.78. The number of nitrogens with zero attached hydrogens (tertiary/aromatic N) is 1. The molecule has 9 heteroatoms. The van der Waals surface area contributed by atoms with Gasteiger partial charge in [-0.15, -0.1) is 24.8 Å². The third-order valence-corrected chi connectivity index (χ3v) is 3.75. The van der Waals surface area contributed by atoms with Crippen LogP contribution in [-0.2, 0) is 0 Å². The molecule has 4 N–H and O–H groups in total. The number of aryl methyl sites for hydroxylation is 1. The van der Waals surface area contributed by atoms with Gasteiger partial charge in [0.05, 0.1) is 23.4 Å². The predicted molar refractivity (Wildman–Crippen MR) is 111 cm³/mol. The number of amides is 1. The average molecular weight is 422 g/mol. The van der Waals surface area contributed by atoms with E-state index < -0.39 is 0 Å². The summed E-state index contributed by atoms with van der Waals surface area (Å²) < 4.78 is 5.18. The van der Waals surface area contributed by atoms with Crippen molar-refractivity contribution in [2.45, 2.75) is 13.3 Å². The van der Waals surface area contributed by atoms with Gasteiger partial charge in [0.1, 0.15) is 11.6 Å². The Morgan fingerprint density at radius 2 is 2.00 bits per heavy atom. The maximum Gasteiger partial charge on any atom is 0.255 e. The minimum absolute atomic E-state index is 0. The van der Waals surface area contributed by atoms with Crippen molar-refractivity contribution in [1.82, 2.24) is 10.3 Å². The summed E-state index contributed by atoms with van der Waals surface area (Å²) in [6, 6.07) is 6.98. The lowest BCUT2D eigenvalue weighted by Crippen LogP contribution is -2.26. The first-order chi connectivity index (χ1) is 11.5. The molecule has 2 aromatic rings. The number of aromatic nitrogens is 1. The van der Waals surface area contributed by atoms with Crippen molar-refractivity contribution in [3.63, 3.8) is 0 Å². The summed E-state index contributed by atoms with van der Waals surface area (Å²) in [6.07, 6.45) is 2.56. The number of ether oxygens (including phenoxy) is 1. The number of nitrogen functional groups attached to an aromatic ring is 1. The first kappa shape index (κ1) is 24.1. The van der Waals surface area contributed by atoms with E-state index in [1.54, 1.807) is 12.3 Å². The monoisotopic (exact) mass is 420 g/mol. The van der Waals surface area contributed by atoms with Crippen LogP contribution < -0.4 is 21.1 Å². The van der Waals surface area contributed by atoms with Gasteiger partial charge in [-0.1, -0.05) is 17.7 Å². The van der Waals surface area contributed by atoms with Crippen molar-refractivity contribution < 1.29 is 9.53 Å². The lowest BCUT2D eigenvalue weighted by atomic mass is 10.1. The van der Waals surface area contributed by atoms with Gasteiger partial charge < -0.3 is 21.1 Å². The molecule has 0 fully saturated rings. The Morgan fingerprint density at radius 1 is 1.27 bits per heavy atom. The Hall–Kier alpha value is -1.89. The SMILES string of the molecule is COc1cc(N)c(Cl)cc1C(=O)NCCCNc1ccc(C)cn1.Cl.Cl. The van der Waals surface area contributed by atoms with Gasteiger partial charge in [0.2, 0.25) is 0 Å². The van der Waals surface area contributed by atoms with Crippen LogP contribution in [-0.4, -0.2) is 31.1 Å². The summed E-state index contributed by atoms with van der Waals surface area (Å²) in [5, 5.41) is 6.36. The summed E-state index contributed by atoms with van der Waals surface area (Å²) in [5.74, 6) is 0.970. The molecule has 0 aliphatic rings. The average Bonchev–Trinajstić information content (AvgIpc) is 2.58. The van der Waals surface area contributed by atoms with E-state index in [1.165, 1.54) is 13.2 Å². The highest BCUT2D eigenvalue weighted by atomic mass is 35.5. The second-order valence-corrected chi connectivity index (χ2v) is 5.74. The molecule has 0 radical (unpaired) electrons. The number of hydrogen-bond donors (Lipinski definition) is 3. The maximum absolute atomic E-state index is 12.2. The molecule has 1 aromatic carbocycles. The number of carbonyl (C=O) groups is 1. The summed E-state index contributed by atoms with van der Waals surface area (Å²) in [4.78, 5) is 16.5. The Balaban J connectivity index is 0.00000312. The summed E-state index contributed by atoms with van der Waals surface area (Å²) in [6.45, 7) is 3.21. The van der Waals surface area contributed by atoms with E-state index in [-0.39, 0.29) is 30.7 Å². The summed E-state index contributed by atoms with van der Waals surface area (Å²) in [7, 11) is 1.48. The fraction of sp³-hybridized carbons (Fsp3) is 0.294. The van der Waals surface area contributed by atoms with Gasteiger partial charge in [0.15, 0.2) is 0 Å². The number of nitrogens with two attached hydrogens (primary N) is 1. The minimum Gasteiger partial charge on any atom is -0.496 e. The number of rotatable bonds is 7. The molecule has 1 aromatic heterocycles. The van der Waals surface area contributed by atoms with Crippen LogP contribution in [0.4, 0.5) is 11.5 Å². The van der Waals surface area contributed by atoms with Gasteiger partial charge in [0, 0.05) is 25.4 Å². The van der Waals surface area contributed by atoms with E-state index in [0.29, 0.717) is 35.1 Å². The zero-order valence-corrected chi connectivity index (χ0v) is 16.9. The minimum atomic E-state index is -0.248. The Labute approximate surface area is 170 Å². The molecule has 0 saturated carbocycles. The third-order valence-electron chi connectivity index (χ3n) is 3.42. The van der Waals surface area contributed by atoms with E-state index in [2.05, 4.69) is 15.6 Å². The van der Waals surface area contributed by atoms with Gasteiger partial charge >= 0.3 is 0 Å². The fourth-order valence-corrected chi connectivity index (χ4v) is 2.25. The number of hydrogen-bond acceptors (Lipinski definition) is 5. The number of halogens is 3. The zero-order chi connectivity index (χ0) is 17.5. The van der Waals surface area contributed by atoms with Gasteiger partial charge in [-0.3, -0.25) is 4.79 Å². The molecule has 1 amide bonds. The highest BCUT2D eigenvalue weighted by Gasteiger charge is 2.14. The quantitative estimate of drug-likeness (QED) is 0.468. The molecular weight excluding hydrogens is 399 g/mol. The van der Waals surface area contributed by atoms with Crippen LogP contribution in [0.1, 0.15) is 22.3 Å². The van der Waals surface area contributed by atoms with E-state index in [1.807, 2.05) is 19.1 Å². The predicted octanol–water partition coefficient (Wildman–Crippen LogP) is 3.71. The number of pyridine rings is 1. The number of methoxy groups -OCH3 is 1. The Bertz CT molecular complexity index is 712. The van der Waals surface area contributed by atoms with Gasteiger partial charge in [-0.05, 0) is 31.0 Å². The lowest BCUT2D eigenvalue weighted by molar-refractivity contribution is 0.0950. The van der Waals surface area contributed by atoms with Crippen LogP contribution in [0.5, 0.6) is 5.75 Å². The van der Waals surface area contributed by atoms with Crippen molar-refractivity contribution in [3.05, 3.63) is 46.6 Å². The molecule has 0 unspecified atom stereocenters. The van der Waals surface area contributed by atoms with Gasteiger partial charge in [0.25, 0.3) is 5.91 Å². The molecule has 26 heavy (non-hydrogen) atoms. The van der Waals surface area contributed by atoms with Crippen LogP contribution in [0.3, 0.4) is 0 Å². The molecule has 0 bridgehead atoms. The molecule has 0 saturated heterocycles. The first-order valence-electron chi connectivity index (χ1n) is 7.59. The number of benzene rings is 1. The first-order valence-corrected chi connectivity index (χ1v) is 7.97. The van der Waals surface area contributed by atoms with Crippen LogP contribution in [0.2, 0.25) is 5.02 Å². The smallest absolute Gasteiger partial charge is 0.255 e. The highest BCUT2D eigenvalue weighted by Crippen LogP contribution is 2.28. The molecule has 2 rings (SSSR count). The van der Waals surface area contributed by atoms with Crippen LogP contribution in [0, 0.1) is 6.92 Å². The fourth-order valence-electron chi connectivity index (χ4n) is 2.09. The van der Waals surface area contributed by atoms with Crippen LogP contribution in [0.25, 0.3) is 0 Å². The van der Waals surface area contributed by atoms with Crippen molar-refractivity contribution in [2.24, 2.45) is 0 Å². The molecular formula is C17H23Cl3N4O2. The zero-order valence-electron chi connectivity index (χ0n) is 14.5. The molecule has 1 heterocycles. The standard InChI is InChI=1S/C17H21ClN4O2.2ClH/c1-11-4-5-16(22-10-11)20-6-3-7-21-17(23)12-8-13(18)14(19)9-15(12)24-2;;/h4-5,8-10H,3,6-7,19H2,1-2H3,(H,20,22)(H,21,23);2*1H. The molecule has 0 atom stereocenters. The number of carbonyl (C=O) groups excluding carboxylic acids is 1. The van der Waals surface area contributed by atoms with Crippen molar-refractivity contribution in [1.29, 1.82) is 0 Å². The van der Waals surface area contributed by atoms with E-state index in [9.17, 15) is 4.79 Å². The molecule has 0 spiro atoms. The van der Waals surface area contributed by atoms with Crippen LogP contribution >= 0.6 is 36.4 Å². The van der Waals surface area contributed by atoms with E-state index >= 15 is 0 Å². The maximum atomic E-state index is 12.2. The van der Waals surface area contributed by atoms with Gasteiger partial charge in [-0.2, -0.15) is 0 Å². The second-order valence-electron chi connectivity index (χ2n) is 5.33. The second kappa shape index (κ2) is 11.7. The number of anilines is 2. The molecule has 0 aliphatic carbocycles. The van der Waals surface area contributed by atoms with Crippen molar-refractivity contribution >= 4 is 53.8 Å². The lowest BCUT2D eigenvalue weighted by Gasteiger charge is -2.11. The van der Waals surface area contributed by atoms with E-state index in [4.69, 9.17) is 22.1 Å². The topological polar surface area (TPSA) is 89.3 Å². The van der Waals surface area contributed by atoms with E-state index in [0.717, 1.165) is 17.8 Å². The number of nitrogens with one attached hydrogen (secondary N) is 2. The largest absolute Gasteiger partial charge is 0.496 e. The molecule has 144 valence electrons. The highest BCUT2D eigenvalue weighted by molar-refractivity contribution is 6.33. The Kier molecular flexibility index (Phi) is 10.8. The molecule has 0 aliphatic heterocycles. The normalized spacial score (nSPS) is 9.50.